The molecule has 0 fully saturated rings. The summed E-state index contributed by atoms with van der Waals surface area (Å²) in [6, 6.07) is 3.23. The van der Waals surface area contributed by atoms with Crippen LogP contribution in [-0.4, -0.2) is 68.1 Å². The second-order valence-corrected chi connectivity index (χ2v) is 12.1. The number of carbonyl (C=O) groups is 4. The maximum absolute atomic E-state index is 12.3. The number of ether oxygens (including phenoxy) is 6. The maximum Gasteiger partial charge on any atom is 0.513 e. The molecule has 0 saturated carbocycles. The van der Waals surface area contributed by atoms with E-state index in [0.717, 1.165) is 0 Å². The molecule has 0 aromatic heterocycles. The lowest BCUT2D eigenvalue weighted by atomic mass is 9.99. The molecule has 0 spiro atoms. The first-order valence-electron chi connectivity index (χ1n) is 14.2. The second-order valence-electron chi connectivity index (χ2n) is 12.1. The van der Waals surface area contributed by atoms with Crippen LogP contribution in [0.25, 0.3) is 0 Å². The first kappa shape index (κ1) is 36.5. The lowest BCUT2D eigenvalue weighted by Crippen LogP contribution is -2.42. The van der Waals surface area contributed by atoms with Gasteiger partial charge in [-0.15, -0.1) is 0 Å². The van der Waals surface area contributed by atoms with Crippen molar-refractivity contribution < 1.29 is 52.7 Å². The Kier molecular flexibility index (Phi) is 15.7. The first-order chi connectivity index (χ1) is 19.6. The number of hydrogen-bond acceptors (Lipinski definition) is 11. The molecule has 1 aromatic carbocycles. The lowest BCUT2D eigenvalue weighted by Gasteiger charge is -2.21. The minimum atomic E-state index is -1.15. The molecule has 238 valence electrons. The number of aliphatic carboxylic acids is 1. The van der Waals surface area contributed by atoms with Crippen LogP contribution in [-0.2, 0) is 30.2 Å². The number of carboxylic acid groups (broad SMARTS) is 1. The van der Waals surface area contributed by atoms with Gasteiger partial charge in [-0.05, 0) is 61.1 Å². The zero-order chi connectivity index (χ0) is 31.9. The molecule has 0 bridgehead atoms. The molecule has 12 heteroatoms. The van der Waals surface area contributed by atoms with E-state index in [9.17, 15) is 24.3 Å². The van der Waals surface area contributed by atoms with E-state index in [2.05, 4.69) is 5.32 Å². The van der Waals surface area contributed by atoms with Crippen LogP contribution in [0.5, 0.6) is 11.5 Å². The molecule has 1 unspecified atom stereocenters. The van der Waals surface area contributed by atoms with Crippen molar-refractivity contribution in [2.24, 2.45) is 17.3 Å². The molecule has 0 amide bonds. The Labute approximate surface area is 248 Å². The zero-order valence-corrected chi connectivity index (χ0v) is 26.0. The standard InChI is InChI=1S/C30H47NO11/c1-19(2)11-13-37-27(34)41-24-10-9-22(16-25(24)42-28(35)38-14-12-20(3)4)15-23(26(32)33)31-17-21(5)40-29(36)39-18-30(6,7)8/h9-10,16,19-21,23,31H,11-15,17-18H2,1-8H3,(H,32,33)/t21?,23-/m0/s1. The summed E-state index contributed by atoms with van der Waals surface area (Å²) in [5, 5.41) is 12.6. The molecule has 2 N–H and O–H groups in total. The van der Waals surface area contributed by atoms with Gasteiger partial charge in [0.25, 0.3) is 0 Å². The fraction of sp³-hybridized carbons (Fsp3) is 0.667. The van der Waals surface area contributed by atoms with Crippen molar-refractivity contribution in [3.8, 4) is 11.5 Å². The van der Waals surface area contributed by atoms with Crippen LogP contribution in [0.1, 0.15) is 73.8 Å². The number of carbonyl (C=O) groups excluding carboxylic acids is 3. The van der Waals surface area contributed by atoms with Gasteiger partial charge in [-0.25, -0.2) is 14.4 Å². The molecular weight excluding hydrogens is 550 g/mol. The molecule has 0 heterocycles. The van der Waals surface area contributed by atoms with E-state index >= 15 is 0 Å². The molecule has 0 aliphatic rings. The van der Waals surface area contributed by atoms with E-state index in [1.165, 1.54) is 18.2 Å². The van der Waals surface area contributed by atoms with Gasteiger partial charge < -0.3 is 38.8 Å². The summed E-state index contributed by atoms with van der Waals surface area (Å²) < 4.78 is 31.0. The van der Waals surface area contributed by atoms with Gasteiger partial charge in [0, 0.05) is 6.54 Å². The van der Waals surface area contributed by atoms with Crippen LogP contribution in [0, 0.1) is 17.3 Å². The minimum Gasteiger partial charge on any atom is -0.480 e. The minimum absolute atomic E-state index is 0.0333. The van der Waals surface area contributed by atoms with Crippen LogP contribution in [0.2, 0.25) is 0 Å². The Balaban J connectivity index is 2.94. The molecule has 42 heavy (non-hydrogen) atoms. The largest absolute Gasteiger partial charge is 0.513 e. The van der Waals surface area contributed by atoms with Crippen LogP contribution in [0.3, 0.4) is 0 Å². The smallest absolute Gasteiger partial charge is 0.480 e. The van der Waals surface area contributed by atoms with E-state index in [-0.39, 0.29) is 49.7 Å². The third-order valence-corrected chi connectivity index (χ3v) is 5.54. The molecule has 0 aliphatic carbocycles. The van der Waals surface area contributed by atoms with Gasteiger partial charge in [0.1, 0.15) is 12.1 Å². The van der Waals surface area contributed by atoms with Gasteiger partial charge in [0.15, 0.2) is 11.5 Å². The molecule has 0 saturated heterocycles. The van der Waals surface area contributed by atoms with Crippen molar-refractivity contribution >= 4 is 24.4 Å². The highest BCUT2D eigenvalue weighted by atomic mass is 16.7. The van der Waals surface area contributed by atoms with Crippen LogP contribution in [0.15, 0.2) is 18.2 Å². The highest BCUT2D eigenvalue weighted by Crippen LogP contribution is 2.30. The highest BCUT2D eigenvalue weighted by molar-refractivity contribution is 5.74. The van der Waals surface area contributed by atoms with Gasteiger partial charge in [0.2, 0.25) is 0 Å². The molecule has 0 aliphatic heterocycles. The van der Waals surface area contributed by atoms with Gasteiger partial charge in [0.05, 0.1) is 19.8 Å². The van der Waals surface area contributed by atoms with Gasteiger partial charge >= 0.3 is 24.4 Å². The van der Waals surface area contributed by atoms with Gasteiger partial charge in [-0.1, -0.05) is 54.5 Å². The normalized spacial score (nSPS) is 12.8. The average molecular weight is 598 g/mol. The van der Waals surface area contributed by atoms with Crippen molar-refractivity contribution in [1.29, 1.82) is 0 Å². The predicted molar refractivity (Wildman–Crippen MR) is 154 cm³/mol. The van der Waals surface area contributed by atoms with Crippen molar-refractivity contribution in [3.63, 3.8) is 0 Å². The molecule has 2 atom stereocenters. The predicted octanol–water partition coefficient (Wildman–Crippen LogP) is 5.98. The van der Waals surface area contributed by atoms with E-state index in [0.29, 0.717) is 30.2 Å². The average Bonchev–Trinajstić information content (AvgIpc) is 2.85. The number of rotatable bonds is 16. The van der Waals surface area contributed by atoms with Gasteiger partial charge in [-0.3, -0.25) is 4.79 Å². The molecule has 0 radical (unpaired) electrons. The summed E-state index contributed by atoms with van der Waals surface area (Å²) in [6.07, 6.45) is -2.24. The topological polar surface area (TPSA) is 156 Å². The van der Waals surface area contributed by atoms with Crippen LogP contribution < -0.4 is 14.8 Å². The summed E-state index contributed by atoms with van der Waals surface area (Å²) >= 11 is 0. The van der Waals surface area contributed by atoms with E-state index in [1.807, 2.05) is 48.5 Å². The van der Waals surface area contributed by atoms with Crippen molar-refractivity contribution in [1.82, 2.24) is 5.32 Å². The Morgan fingerprint density at radius 2 is 1.36 bits per heavy atom. The van der Waals surface area contributed by atoms with Gasteiger partial charge in [-0.2, -0.15) is 0 Å². The zero-order valence-electron chi connectivity index (χ0n) is 26.0. The fourth-order valence-electron chi connectivity index (χ4n) is 3.14. The second kappa shape index (κ2) is 18.1. The Morgan fingerprint density at radius 3 is 1.86 bits per heavy atom. The third kappa shape index (κ3) is 16.7. The summed E-state index contributed by atoms with van der Waals surface area (Å²) in [4.78, 5) is 48.4. The highest BCUT2D eigenvalue weighted by Gasteiger charge is 2.23. The van der Waals surface area contributed by atoms with Crippen molar-refractivity contribution in [2.75, 3.05) is 26.4 Å². The molecule has 1 aromatic rings. The Morgan fingerprint density at radius 1 is 0.810 bits per heavy atom. The lowest BCUT2D eigenvalue weighted by molar-refractivity contribution is -0.139. The number of carboxylic acids is 1. The third-order valence-electron chi connectivity index (χ3n) is 5.54. The summed E-state index contributed by atoms with van der Waals surface area (Å²) in [5.41, 5.74) is 0.232. The number of hydrogen-bond donors (Lipinski definition) is 2. The number of benzene rings is 1. The first-order valence-corrected chi connectivity index (χ1v) is 14.2. The number of nitrogens with one attached hydrogen (secondary N) is 1. The molecule has 1 rings (SSSR count). The summed E-state index contributed by atoms with van der Waals surface area (Å²) in [7, 11) is 0. The SMILES string of the molecule is CC(C)CCOC(=O)Oc1ccc(C[C@H](NCC(C)OC(=O)OCC(C)(C)C)C(=O)O)cc1OC(=O)OCCC(C)C. The Bertz CT molecular complexity index is 1020. The molecule has 12 nitrogen and oxygen atoms in total. The summed E-state index contributed by atoms with van der Waals surface area (Å²) in [5.74, 6) is -0.746. The van der Waals surface area contributed by atoms with E-state index in [4.69, 9.17) is 28.4 Å². The molecular formula is C30H47NO11. The van der Waals surface area contributed by atoms with E-state index in [1.54, 1.807) is 6.92 Å². The van der Waals surface area contributed by atoms with Crippen LogP contribution >= 0.6 is 0 Å². The summed E-state index contributed by atoms with van der Waals surface area (Å²) in [6.45, 7) is 15.8. The maximum atomic E-state index is 12.3. The quantitative estimate of drug-likeness (QED) is 0.131. The fourth-order valence-corrected chi connectivity index (χ4v) is 3.14. The van der Waals surface area contributed by atoms with Crippen molar-refractivity contribution in [3.05, 3.63) is 23.8 Å². The Hall–Kier alpha value is -3.54. The van der Waals surface area contributed by atoms with E-state index < -0.39 is 36.6 Å². The monoisotopic (exact) mass is 597 g/mol. The van der Waals surface area contributed by atoms with Crippen molar-refractivity contribution in [2.45, 2.75) is 86.8 Å². The van der Waals surface area contributed by atoms with Crippen LogP contribution in [0.4, 0.5) is 14.4 Å².